The van der Waals surface area contributed by atoms with Gasteiger partial charge in [-0.1, -0.05) is 56.3 Å². The molecule has 0 unspecified atom stereocenters. The minimum Gasteiger partial charge on any atom is -0.315 e. The third kappa shape index (κ3) is 2.71. The van der Waals surface area contributed by atoms with Gasteiger partial charge in [-0.2, -0.15) is 0 Å². The maximum absolute atomic E-state index is 4.93. The van der Waals surface area contributed by atoms with Gasteiger partial charge >= 0.3 is 0 Å². The molecule has 0 atom stereocenters. The summed E-state index contributed by atoms with van der Waals surface area (Å²) in [6.07, 6.45) is 0. The van der Waals surface area contributed by atoms with Crippen molar-refractivity contribution < 1.29 is 0 Å². The fraction of sp³-hybridized carbons (Fsp3) is 0.278. The molecule has 21 heavy (non-hydrogen) atoms. The van der Waals surface area contributed by atoms with Crippen molar-refractivity contribution in [2.75, 3.05) is 7.05 Å². The number of nitrogens with one attached hydrogen (secondary N) is 1. The Morgan fingerprint density at radius 1 is 1.10 bits per heavy atom. The normalized spacial score (nSPS) is 11.4. The van der Waals surface area contributed by atoms with Crippen LogP contribution in [0.25, 0.3) is 21.3 Å². The summed E-state index contributed by atoms with van der Waals surface area (Å²) in [7, 11) is 1.99. The van der Waals surface area contributed by atoms with Gasteiger partial charge in [-0.3, -0.25) is 0 Å². The molecule has 0 aliphatic rings. The fourth-order valence-corrected chi connectivity index (χ4v) is 3.90. The lowest BCUT2D eigenvalue weighted by atomic mass is 10.0. The Labute approximate surface area is 129 Å². The zero-order chi connectivity index (χ0) is 14.8. The highest BCUT2D eigenvalue weighted by Crippen LogP contribution is 2.35. The molecule has 1 N–H and O–H groups in total. The van der Waals surface area contributed by atoms with Gasteiger partial charge in [-0.05, 0) is 23.7 Å². The van der Waals surface area contributed by atoms with Gasteiger partial charge in [-0.25, -0.2) is 4.98 Å². The van der Waals surface area contributed by atoms with Crippen LogP contribution in [0.3, 0.4) is 0 Å². The van der Waals surface area contributed by atoms with E-state index in [9.17, 15) is 0 Å². The van der Waals surface area contributed by atoms with Crippen molar-refractivity contribution in [3.63, 3.8) is 0 Å². The maximum Gasteiger partial charge on any atom is 0.124 e. The summed E-state index contributed by atoms with van der Waals surface area (Å²) in [5.41, 5.74) is 2.46. The second-order valence-corrected chi connectivity index (χ2v) is 6.62. The van der Waals surface area contributed by atoms with Crippen molar-refractivity contribution in [2.24, 2.45) is 0 Å². The van der Waals surface area contributed by atoms with Crippen LogP contribution in [-0.2, 0) is 6.54 Å². The molecular weight excluding hydrogens is 276 g/mol. The number of aromatic nitrogens is 1. The van der Waals surface area contributed by atoms with Crippen LogP contribution in [0.4, 0.5) is 0 Å². The number of thiazole rings is 1. The Hall–Kier alpha value is -1.71. The van der Waals surface area contributed by atoms with Gasteiger partial charge in [0.15, 0.2) is 0 Å². The zero-order valence-corrected chi connectivity index (χ0v) is 13.5. The molecule has 0 aliphatic carbocycles. The predicted octanol–water partition coefficient (Wildman–Crippen LogP) is 4.81. The molecule has 2 aromatic carbocycles. The van der Waals surface area contributed by atoms with Crippen molar-refractivity contribution in [3.05, 3.63) is 53.0 Å². The molecule has 0 aliphatic heterocycles. The molecule has 0 radical (unpaired) electrons. The summed E-state index contributed by atoms with van der Waals surface area (Å²) < 4.78 is 0. The van der Waals surface area contributed by atoms with Crippen LogP contribution >= 0.6 is 11.3 Å². The predicted molar refractivity (Wildman–Crippen MR) is 91.9 cm³/mol. The molecule has 3 heteroatoms. The average Bonchev–Trinajstić information content (AvgIpc) is 2.91. The number of fused-ring (bicyclic) bond motifs is 1. The summed E-state index contributed by atoms with van der Waals surface area (Å²) in [6.45, 7) is 5.30. The quantitative estimate of drug-likeness (QED) is 0.747. The topological polar surface area (TPSA) is 24.9 Å². The molecule has 108 valence electrons. The van der Waals surface area contributed by atoms with E-state index in [1.807, 2.05) is 7.05 Å². The van der Waals surface area contributed by atoms with Crippen molar-refractivity contribution >= 4 is 22.1 Å². The first-order chi connectivity index (χ1) is 10.2. The van der Waals surface area contributed by atoms with E-state index >= 15 is 0 Å². The van der Waals surface area contributed by atoms with Gasteiger partial charge in [0, 0.05) is 17.0 Å². The Kier molecular flexibility index (Phi) is 4.04. The highest BCUT2D eigenvalue weighted by molar-refractivity contribution is 7.15. The minimum absolute atomic E-state index is 0.452. The minimum atomic E-state index is 0.452. The van der Waals surface area contributed by atoms with Crippen LogP contribution in [0.2, 0.25) is 0 Å². The van der Waals surface area contributed by atoms with E-state index in [1.165, 1.54) is 26.9 Å². The molecular formula is C18H20N2S. The Morgan fingerprint density at radius 2 is 1.86 bits per heavy atom. The van der Waals surface area contributed by atoms with Crippen LogP contribution in [0.1, 0.15) is 30.3 Å². The van der Waals surface area contributed by atoms with Gasteiger partial charge in [-0.15, -0.1) is 11.3 Å². The summed E-state index contributed by atoms with van der Waals surface area (Å²) in [4.78, 5) is 6.27. The van der Waals surface area contributed by atoms with E-state index in [2.05, 4.69) is 61.6 Å². The van der Waals surface area contributed by atoms with Gasteiger partial charge in [0.05, 0.1) is 5.69 Å². The van der Waals surface area contributed by atoms with Crippen molar-refractivity contribution in [2.45, 2.75) is 26.3 Å². The van der Waals surface area contributed by atoms with Gasteiger partial charge in [0.2, 0.25) is 0 Å². The lowest BCUT2D eigenvalue weighted by Crippen LogP contribution is -2.06. The second-order valence-electron chi connectivity index (χ2n) is 5.54. The van der Waals surface area contributed by atoms with E-state index < -0.39 is 0 Å². The molecule has 1 aromatic heterocycles. The monoisotopic (exact) mass is 296 g/mol. The first-order valence-electron chi connectivity index (χ1n) is 7.33. The van der Waals surface area contributed by atoms with Crippen molar-refractivity contribution in [3.8, 4) is 10.6 Å². The van der Waals surface area contributed by atoms with Crippen LogP contribution in [0.5, 0.6) is 0 Å². The summed E-state index contributed by atoms with van der Waals surface area (Å²) in [6, 6.07) is 15.0. The molecule has 0 bridgehead atoms. The summed E-state index contributed by atoms with van der Waals surface area (Å²) in [5, 5.41) is 6.93. The molecule has 2 nitrogen and oxygen atoms in total. The van der Waals surface area contributed by atoms with Crippen LogP contribution in [0.15, 0.2) is 42.5 Å². The molecule has 0 spiro atoms. The van der Waals surface area contributed by atoms with Crippen LogP contribution < -0.4 is 5.32 Å². The lowest BCUT2D eigenvalue weighted by Gasteiger charge is -2.04. The molecule has 3 aromatic rings. The van der Waals surface area contributed by atoms with E-state index in [1.54, 1.807) is 11.3 Å². The van der Waals surface area contributed by atoms with Gasteiger partial charge in [0.1, 0.15) is 5.01 Å². The third-order valence-electron chi connectivity index (χ3n) is 3.63. The third-order valence-corrected chi connectivity index (χ3v) is 4.74. The summed E-state index contributed by atoms with van der Waals surface area (Å²) >= 11 is 1.81. The zero-order valence-electron chi connectivity index (χ0n) is 12.7. The number of nitrogens with zero attached hydrogens (tertiary/aromatic N) is 1. The molecule has 0 saturated heterocycles. The first-order valence-corrected chi connectivity index (χ1v) is 8.14. The number of hydrogen-bond donors (Lipinski definition) is 1. The number of hydrogen-bond acceptors (Lipinski definition) is 3. The highest BCUT2D eigenvalue weighted by atomic mass is 32.1. The molecule has 3 rings (SSSR count). The van der Waals surface area contributed by atoms with Crippen LogP contribution in [-0.4, -0.2) is 12.0 Å². The van der Waals surface area contributed by atoms with Crippen molar-refractivity contribution in [1.82, 2.24) is 10.3 Å². The van der Waals surface area contributed by atoms with E-state index in [4.69, 9.17) is 4.98 Å². The smallest absolute Gasteiger partial charge is 0.124 e. The second kappa shape index (κ2) is 5.96. The van der Waals surface area contributed by atoms with Crippen molar-refractivity contribution in [1.29, 1.82) is 0 Å². The Morgan fingerprint density at radius 3 is 2.62 bits per heavy atom. The molecule has 0 fully saturated rings. The maximum atomic E-state index is 4.93. The summed E-state index contributed by atoms with van der Waals surface area (Å²) in [5.74, 6) is 0.452. The Bertz CT molecular complexity index is 754. The standard InChI is InChI=1S/C18H20N2S/c1-12(2)17-16(11-19-3)21-18(20-17)15-10-6-8-13-7-4-5-9-14(13)15/h4-10,12,19H,11H2,1-3H3. The molecule has 0 amide bonds. The largest absolute Gasteiger partial charge is 0.315 e. The first kappa shape index (κ1) is 14.2. The van der Waals surface area contributed by atoms with Crippen LogP contribution in [0, 0.1) is 0 Å². The fourth-order valence-electron chi connectivity index (χ4n) is 2.63. The number of rotatable bonds is 4. The molecule has 0 saturated carbocycles. The molecule has 1 heterocycles. The number of benzene rings is 2. The average molecular weight is 296 g/mol. The Balaban J connectivity index is 2.17. The van der Waals surface area contributed by atoms with Gasteiger partial charge < -0.3 is 5.32 Å². The van der Waals surface area contributed by atoms with E-state index in [0.29, 0.717) is 5.92 Å². The van der Waals surface area contributed by atoms with Gasteiger partial charge in [0.25, 0.3) is 0 Å². The van der Waals surface area contributed by atoms with E-state index in [0.717, 1.165) is 11.6 Å². The lowest BCUT2D eigenvalue weighted by molar-refractivity contribution is 0.771. The van der Waals surface area contributed by atoms with E-state index in [-0.39, 0.29) is 0 Å². The SMILES string of the molecule is CNCc1sc(-c2cccc3ccccc23)nc1C(C)C. The highest BCUT2D eigenvalue weighted by Gasteiger charge is 2.15.